The zero-order valence-electron chi connectivity index (χ0n) is 12.1. The molecule has 0 bridgehead atoms. The summed E-state index contributed by atoms with van der Waals surface area (Å²) in [5, 5.41) is 13.0. The first-order valence-corrected chi connectivity index (χ1v) is 7.39. The number of halogens is 1. The smallest absolute Gasteiger partial charge is 0.223 e. The lowest BCUT2D eigenvalue weighted by Gasteiger charge is -2.19. The van der Waals surface area contributed by atoms with Gasteiger partial charge in [0.25, 0.3) is 0 Å². The van der Waals surface area contributed by atoms with Crippen molar-refractivity contribution in [1.29, 1.82) is 0 Å². The standard InChI is InChI=1S/C18H18FNO2/c19-15-8-4-7-14(11-15)18(9-10-18)20-17(22)12-16(21)13-5-2-1-3-6-13/h1-8,11,16,21H,9-10,12H2,(H,20,22). The van der Waals surface area contributed by atoms with Crippen LogP contribution in [0.15, 0.2) is 54.6 Å². The number of aliphatic hydroxyl groups excluding tert-OH is 1. The molecule has 2 N–H and O–H groups in total. The molecule has 114 valence electrons. The van der Waals surface area contributed by atoms with Gasteiger partial charge >= 0.3 is 0 Å². The van der Waals surface area contributed by atoms with Gasteiger partial charge in [-0.3, -0.25) is 4.79 Å². The third-order valence-electron chi connectivity index (χ3n) is 4.07. The largest absolute Gasteiger partial charge is 0.388 e. The zero-order valence-corrected chi connectivity index (χ0v) is 12.1. The number of carbonyl (C=O) groups excluding carboxylic acids is 1. The lowest BCUT2D eigenvalue weighted by Crippen LogP contribution is -2.35. The number of hydrogen-bond acceptors (Lipinski definition) is 2. The predicted molar refractivity (Wildman–Crippen MR) is 81.5 cm³/mol. The Labute approximate surface area is 128 Å². The Balaban J connectivity index is 1.65. The van der Waals surface area contributed by atoms with Crippen LogP contribution in [-0.2, 0) is 10.3 Å². The van der Waals surface area contributed by atoms with Gasteiger partial charge < -0.3 is 10.4 Å². The van der Waals surface area contributed by atoms with Crippen LogP contribution in [0.3, 0.4) is 0 Å². The summed E-state index contributed by atoms with van der Waals surface area (Å²) in [5.41, 5.74) is 1.04. The van der Waals surface area contributed by atoms with Crippen LogP contribution in [-0.4, -0.2) is 11.0 Å². The molecule has 3 rings (SSSR count). The summed E-state index contributed by atoms with van der Waals surface area (Å²) < 4.78 is 13.3. The van der Waals surface area contributed by atoms with Gasteiger partial charge in [-0.1, -0.05) is 42.5 Å². The molecular formula is C18H18FNO2. The number of hydrogen-bond donors (Lipinski definition) is 2. The van der Waals surface area contributed by atoms with Crippen molar-refractivity contribution in [2.24, 2.45) is 0 Å². The van der Waals surface area contributed by atoms with Gasteiger partial charge in [-0.25, -0.2) is 4.39 Å². The molecule has 1 atom stereocenters. The third kappa shape index (κ3) is 3.17. The maximum atomic E-state index is 13.3. The van der Waals surface area contributed by atoms with Crippen LogP contribution in [0.1, 0.15) is 36.5 Å². The van der Waals surface area contributed by atoms with Crippen molar-refractivity contribution in [1.82, 2.24) is 5.32 Å². The minimum atomic E-state index is -0.829. The van der Waals surface area contributed by atoms with Gasteiger partial charge in [-0.15, -0.1) is 0 Å². The molecule has 1 fully saturated rings. The van der Waals surface area contributed by atoms with Gasteiger partial charge in [-0.2, -0.15) is 0 Å². The Morgan fingerprint density at radius 3 is 2.55 bits per heavy atom. The molecule has 0 spiro atoms. The van der Waals surface area contributed by atoms with Crippen molar-refractivity contribution < 1.29 is 14.3 Å². The zero-order chi connectivity index (χ0) is 15.6. The van der Waals surface area contributed by atoms with Gasteiger partial charge in [0.2, 0.25) is 5.91 Å². The van der Waals surface area contributed by atoms with E-state index in [1.54, 1.807) is 18.2 Å². The van der Waals surface area contributed by atoms with E-state index in [1.165, 1.54) is 12.1 Å². The van der Waals surface area contributed by atoms with Crippen molar-refractivity contribution in [3.8, 4) is 0 Å². The highest BCUT2D eigenvalue weighted by atomic mass is 19.1. The highest BCUT2D eigenvalue weighted by molar-refractivity contribution is 5.78. The van der Waals surface area contributed by atoms with Crippen LogP contribution in [0.5, 0.6) is 0 Å². The number of nitrogens with one attached hydrogen (secondary N) is 1. The lowest BCUT2D eigenvalue weighted by molar-refractivity contribution is -0.124. The average Bonchev–Trinajstić information content (AvgIpc) is 3.29. The van der Waals surface area contributed by atoms with E-state index in [9.17, 15) is 14.3 Å². The van der Waals surface area contributed by atoms with Crippen LogP contribution in [0.25, 0.3) is 0 Å². The summed E-state index contributed by atoms with van der Waals surface area (Å²) >= 11 is 0. The molecule has 0 aromatic heterocycles. The number of rotatable bonds is 5. The predicted octanol–water partition coefficient (Wildman–Crippen LogP) is 3.05. The second-order valence-corrected chi connectivity index (χ2v) is 5.77. The topological polar surface area (TPSA) is 49.3 Å². The van der Waals surface area contributed by atoms with E-state index >= 15 is 0 Å². The monoisotopic (exact) mass is 299 g/mol. The van der Waals surface area contributed by atoms with E-state index < -0.39 is 11.6 Å². The average molecular weight is 299 g/mol. The second-order valence-electron chi connectivity index (χ2n) is 5.77. The Kier molecular flexibility index (Phi) is 3.94. The first kappa shape index (κ1) is 14.7. The summed E-state index contributed by atoms with van der Waals surface area (Å²) in [7, 11) is 0. The lowest BCUT2D eigenvalue weighted by atomic mass is 10.0. The van der Waals surface area contributed by atoms with E-state index in [0.29, 0.717) is 5.56 Å². The fraction of sp³-hybridized carbons (Fsp3) is 0.278. The molecule has 3 nitrogen and oxygen atoms in total. The van der Waals surface area contributed by atoms with E-state index in [1.807, 2.05) is 24.3 Å². The molecule has 2 aromatic rings. The minimum absolute atomic E-state index is 0.00107. The molecule has 0 aliphatic heterocycles. The summed E-state index contributed by atoms with van der Waals surface area (Å²) in [6.45, 7) is 0. The van der Waals surface area contributed by atoms with Crippen LogP contribution in [0, 0.1) is 5.82 Å². The molecule has 0 heterocycles. The van der Waals surface area contributed by atoms with E-state index in [0.717, 1.165) is 18.4 Å². The Morgan fingerprint density at radius 2 is 1.91 bits per heavy atom. The molecule has 1 aliphatic rings. The maximum absolute atomic E-state index is 13.3. The van der Waals surface area contributed by atoms with Crippen LogP contribution < -0.4 is 5.32 Å². The van der Waals surface area contributed by atoms with Crippen molar-refractivity contribution in [3.63, 3.8) is 0 Å². The Hall–Kier alpha value is -2.20. The maximum Gasteiger partial charge on any atom is 0.223 e. The highest BCUT2D eigenvalue weighted by Gasteiger charge is 2.45. The first-order chi connectivity index (χ1) is 10.6. The van der Waals surface area contributed by atoms with Crippen molar-refractivity contribution >= 4 is 5.91 Å². The minimum Gasteiger partial charge on any atom is -0.388 e. The van der Waals surface area contributed by atoms with Gasteiger partial charge in [0.05, 0.1) is 18.1 Å². The van der Waals surface area contributed by atoms with Crippen LogP contribution >= 0.6 is 0 Å². The number of amides is 1. The molecule has 1 saturated carbocycles. The molecule has 1 unspecified atom stereocenters. The Bertz CT molecular complexity index is 668. The summed E-state index contributed by atoms with van der Waals surface area (Å²) in [4.78, 5) is 12.2. The van der Waals surface area contributed by atoms with Gasteiger partial charge in [0, 0.05) is 0 Å². The highest BCUT2D eigenvalue weighted by Crippen LogP contribution is 2.45. The second kappa shape index (κ2) is 5.89. The van der Waals surface area contributed by atoms with E-state index in [4.69, 9.17) is 0 Å². The number of benzene rings is 2. The summed E-state index contributed by atoms with van der Waals surface area (Å²) in [6, 6.07) is 15.4. The van der Waals surface area contributed by atoms with Gasteiger partial charge in [-0.05, 0) is 36.1 Å². The molecule has 0 saturated heterocycles. The molecule has 22 heavy (non-hydrogen) atoms. The normalized spacial score (nSPS) is 16.8. The molecule has 2 aromatic carbocycles. The van der Waals surface area contributed by atoms with E-state index in [-0.39, 0.29) is 18.1 Å². The fourth-order valence-electron chi connectivity index (χ4n) is 2.68. The Morgan fingerprint density at radius 1 is 1.18 bits per heavy atom. The molecule has 0 radical (unpaired) electrons. The van der Waals surface area contributed by atoms with Crippen LogP contribution in [0.2, 0.25) is 0 Å². The molecule has 1 aliphatic carbocycles. The third-order valence-corrected chi connectivity index (χ3v) is 4.07. The first-order valence-electron chi connectivity index (χ1n) is 7.39. The van der Waals surface area contributed by atoms with E-state index in [2.05, 4.69) is 5.32 Å². The molecule has 4 heteroatoms. The number of carbonyl (C=O) groups is 1. The summed E-state index contributed by atoms with van der Waals surface area (Å²) in [6.07, 6.45) is 0.762. The summed E-state index contributed by atoms with van der Waals surface area (Å²) in [5.74, 6) is -0.527. The van der Waals surface area contributed by atoms with Gasteiger partial charge in [0.1, 0.15) is 5.82 Å². The molecule has 1 amide bonds. The van der Waals surface area contributed by atoms with Crippen molar-refractivity contribution in [2.75, 3.05) is 0 Å². The van der Waals surface area contributed by atoms with Crippen molar-refractivity contribution in [3.05, 3.63) is 71.5 Å². The quantitative estimate of drug-likeness (QED) is 0.891. The van der Waals surface area contributed by atoms with Crippen LogP contribution in [0.4, 0.5) is 4.39 Å². The molecular weight excluding hydrogens is 281 g/mol. The fourth-order valence-corrected chi connectivity index (χ4v) is 2.68. The SMILES string of the molecule is O=C(CC(O)c1ccccc1)NC1(c2cccc(F)c2)CC1. The van der Waals surface area contributed by atoms with Gasteiger partial charge in [0.15, 0.2) is 0 Å². The van der Waals surface area contributed by atoms with Crippen molar-refractivity contribution in [2.45, 2.75) is 30.9 Å². The number of aliphatic hydroxyl groups is 1.